The summed E-state index contributed by atoms with van der Waals surface area (Å²) in [6.07, 6.45) is 0.153. The number of guanidine groups is 1. The Labute approximate surface area is 271 Å². The van der Waals surface area contributed by atoms with Gasteiger partial charge in [-0.25, -0.2) is 9.59 Å². The van der Waals surface area contributed by atoms with E-state index in [4.69, 9.17) is 35.2 Å². The van der Waals surface area contributed by atoms with E-state index in [0.717, 1.165) is 25.9 Å². The first-order chi connectivity index (χ1) is 21.6. The maximum absolute atomic E-state index is 11.9. The highest BCUT2D eigenvalue weighted by molar-refractivity contribution is 6.05. The fraction of sp³-hybridized carbons (Fsp3) is 0.485. The number of carbonyl (C=O) groups excluding carboxylic acids is 2. The van der Waals surface area contributed by atoms with Crippen molar-refractivity contribution in [2.24, 2.45) is 0 Å². The zero-order valence-corrected chi connectivity index (χ0v) is 27.6. The molecule has 0 aromatic heterocycles. The Morgan fingerprint density at radius 3 is 1.35 bits per heavy atom. The van der Waals surface area contributed by atoms with Gasteiger partial charge in [-0.3, -0.25) is 26.9 Å². The number of nitrogens with one attached hydrogen (secondary N) is 5. The van der Waals surface area contributed by atoms with E-state index < -0.39 is 23.4 Å². The lowest BCUT2D eigenvalue weighted by atomic mass is 10.2. The maximum atomic E-state index is 11.9. The average molecular weight is 638 g/mol. The molecule has 13 nitrogen and oxygen atoms in total. The van der Waals surface area contributed by atoms with Gasteiger partial charge < -0.3 is 28.7 Å². The number of carbonyl (C=O) groups is 2. The molecule has 2 amide bonds. The Balaban J connectivity index is 1.30. The van der Waals surface area contributed by atoms with E-state index in [1.165, 1.54) is 0 Å². The number of rotatable bonds is 12. The molecule has 0 saturated carbocycles. The Kier molecular flexibility index (Phi) is 12.4. The molecule has 46 heavy (non-hydrogen) atoms. The second-order valence-corrected chi connectivity index (χ2v) is 12.8. The predicted octanol–water partition coefficient (Wildman–Crippen LogP) is 5.18. The van der Waals surface area contributed by atoms with Crippen molar-refractivity contribution in [3.05, 3.63) is 59.7 Å². The Morgan fingerprint density at radius 1 is 0.674 bits per heavy atom. The fourth-order valence-electron chi connectivity index (χ4n) is 4.37. The van der Waals surface area contributed by atoms with Gasteiger partial charge in [0, 0.05) is 37.3 Å². The van der Waals surface area contributed by atoms with Gasteiger partial charge in [0.25, 0.3) is 0 Å². The summed E-state index contributed by atoms with van der Waals surface area (Å²) >= 11 is 0. The minimum absolute atomic E-state index is 0.0492. The molecule has 0 bridgehead atoms. The minimum Gasteiger partial charge on any atom is -0.494 e. The lowest BCUT2D eigenvalue weighted by Crippen LogP contribution is -2.36. The van der Waals surface area contributed by atoms with Crippen LogP contribution in [0.15, 0.2) is 48.5 Å². The third-order valence-corrected chi connectivity index (χ3v) is 6.46. The van der Waals surface area contributed by atoms with Gasteiger partial charge in [0.05, 0.1) is 13.2 Å². The third-order valence-electron chi connectivity index (χ3n) is 6.46. The molecule has 3 rings (SSSR count). The third kappa shape index (κ3) is 12.3. The van der Waals surface area contributed by atoms with Gasteiger partial charge >= 0.3 is 12.2 Å². The van der Waals surface area contributed by atoms with Crippen LogP contribution < -0.4 is 20.1 Å². The molecule has 2 aromatic rings. The Morgan fingerprint density at radius 2 is 1.02 bits per heavy atom. The van der Waals surface area contributed by atoms with Gasteiger partial charge in [-0.1, -0.05) is 0 Å². The van der Waals surface area contributed by atoms with Gasteiger partial charge in [-0.05, 0) is 103 Å². The molecule has 0 atom stereocenters. The van der Waals surface area contributed by atoms with Crippen molar-refractivity contribution >= 4 is 29.8 Å². The number of ether oxygens (including phenoxy) is 4. The first-order valence-corrected chi connectivity index (χ1v) is 15.3. The van der Waals surface area contributed by atoms with Gasteiger partial charge in [-0.15, -0.1) is 0 Å². The van der Waals surface area contributed by atoms with E-state index >= 15 is 0 Å². The summed E-state index contributed by atoms with van der Waals surface area (Å²) in [6, 6.07) is 13.9. The number of nitrogens with zero attached hydrogens (tertiary/aromatic N) is 2. The van der Waals surface area contributed by atoms with E-state index in [0.29, 0.717) is 54.9 Å². The molecular weight excluding hydrogens is 590 g/mol. The van der Waals surface area contributed by atoms with Gasteiger partial charge in [0.15, 0.2) is 5.96 Å². The summed E-state index contributed by atoms with van der Waals surface area (Å²) < 4.78 is 22.0. The standard InChI is InChI=1S/C33H47N7O6/c1-32(2,3)45-30(41)37-27(34)23-9-13-25(14-10-23)43-21-7-17-39-19-20-40(29(39)36)18-8-22-44-26-15-11-24(12-16-26)28(35)38-31(42)46-33(4,5)6/h9-16,36H,7-8,17-22H2,1-6H3,(H2,34,37,41)(H2,35,38,42). The van der Waals surface area contributed by atoms with Crippen LogP contribution in [0.5, 0.6) is 11.5 Å². The summed E-state index contributed by atoms with van der Waals surface area (Å²) in [5, 5.41) is 29.5. The van der Waals surface area contributed by atoms with Crippen LogP contribution in [0.3, 0.4) is 0 Å². The quantitative estimate of drug-likeness (QED) is 0.120. The molecule has 2 aromatic carbocycles. The largest absolute Gasteiger partial charge is 0.494 e. The fourth-order valence-corrected chi connectivity index (χ4v) is 4.37. The molecule has 0 aliphatic carbocycles. The Hall–Kier alpha value is -4.81. The smallest absolute Gasteiger partial charge is 0.413 e. The number of hydrogen-bond donors (Lipinski definition) is 5. The molecule has 1 aliphatic rings. The molecule has 1 heterocycles. The normalized spacial score (nSPS) is 13.2. The highest BCUT2D eigenvalue weighted by Gasteiger charge is 2.24. The average Bonchev–Trinajstić information content (AvgIpc) is 3.30. The first-order valence-electron chi connectivity index (χ1n) is 15.3. The van der Waals surface area contributed by atoms with E-state index in [-0.39, 0.29) is 11.7 Å². The molecule has 0 unspecified atom stereocenters. The molecule has 13 heteroatoms. The predicted molar refractivity (Wildman–Crippen MR) is 176 cm³/mol. The van der Waals surface area contributed by atoms with Crippen molar-refractivity contribution in [1.82, 2.24) is 20.4 Å². The number of benzene rings is 2. The van der Waals surface area contributed by atoms with Crippen LogP contribution in [0.25, 0.3) is 0 Å². The summed E-state index contributed by atoms with van der Waals surface area (Å²) in [7, 11) is 0. The van der Waals surface area contributed by atoms with E-state index in [2.05, 4.69) is 10.6 Å². The van der Waals surface area contributed by atoms with Crippen molar-refractivity contribution in [3.8, 4) is 11.5 Å². The van der Waals surface area contributed by atoms with Crippen LogP contribution in [-0.2, 0) is 9.47 Å². The van der Waals surface area contributed by atoms with Crippen molar-refractivity contribution in [1.29, 1.82) is 16.2 Å². The molecule has 0 radical (unpaired) electrons. The van der Waals surface area contributed by atoms with Crippen LogP contribution in [0.2, 0.25) is 0 Å². The van der Waals surface area contributed by atoms with Crippen LogP contribution in [0, 0.1) is 16.2 Å². The highest BCUT2D eigenvalue weighted by atomic mass is 16.6. The maximum Gasteiger partial charge on any atom is 0.413 e. The zero-order chi connectivity index (χ0) is 33.9. The number of amides is 2. The lowest BCUT2D eigenvalue weighted by Gasteiger charge is -2.22. The zero-order valence-electron chi connectivity index (χ0n) is 27.6. The van der Waals surface area contributed by atoms with E-state index in [9.17, 15) is 9.59 Å². The van der Waals surface area contributed by atoms with Crippen molar-refractivity contribution in [2.45, 2.75) is 65.6 Å². The topological polar surface area (TPSA) is 173 Å². The second kappa shape index (κ2) is 16.0. The summed E-state index contributed by atoms with van der Waals surface area (Å²) in [5.41, 5.74) is -0.201. The van der Waals surface area contributed by atoms with Crippen LogP contribution in [0.4, 0.5) is 9.59 Å². The Bertz CT molecular complexity index is 1260. The lowest BCUT2D eigenvalue weighted by molar-refractivity contribution is 0.0551. The summed E-state index contributed by atoms with van der Waals surface area (Å²) in [5.74, 6) is 1.73. The molecule has 1 fully saturated rings. The highest BCUT2D eigenvalue weighted by Crippen LogP contribution is 2.16. The van der Waals surface area contributed by atoms with Gasteiger partial charge in [0.2, 0.25) is 0 Å². The number of amidine groups is 2. The molecule has 0 spiro atoms. The first kappa shape index (κ1) is 35.7. The molecule has 250 valence electrons. The number of alkyl carbamates (subject to hydrolysis) is 2. The molecule has 1 saturated heterocycles. The molecule has 1 aliphatic heterocycles. The van der Waals surface area contributed by atoms with Crippen molar-refractivity contribution in [3.63, 3.8) is 0 Å². The number of hydrogen-bond acceptors (Lipinski definition) is 9. The summed E-state index contributed by atoms with van der Waals surface area (Å²) in [4.78, 5) is 27.8. The van der Waals surface area contributed by atoms with Crippen LogP contribution in [-0.4, -0.2) is 90.2 Å². The van der Waals surface area contributed by atoms with E-state index in [1.54, 1.807) is 90.1 Å². The van der Waals surface area contributed by atoms with Crippen molar-refractivity contribution in [2.75, 3.05) is 39.4 Å². The van der Waals surface area contributed by atoms with Crippen LogP contribution >= 0.6 is 0 Å². The van der Waals surface area contributed by atoms with Gasteiger partial charge in [0.1, 0.15) is 34.4 Å². The molecule has 5 N–H and O–H groups in total. The SMILES string of the molecule is CC(C)(C)OC(=O)NC(=N)c1ccc(OCCCN2CCN(CCCOc3ccc(C(=N)NC(=O)OC(C)(C)C)cc3)C2=N)cc1. The van der Waals surface area contributed by atoms with Gasteiger partial charge in [-0.2, -0.15) is 0 Å². The van der Waals surface area contributed by atoms with Crippen molar-refractivity contribution < 1.29 is 28.5 Å². The molecular formula is C33H47N7O6. The van der Waals surface area contributed by atoms with Crippen LogP contribution in [0.1, 0.15) is 65.5 Å². The van der Waals surface area contributed by atoms with E-state index in [1.807, 2.05) is 9.80 Å². The summed E-state index contributed by atoms with van der Waals surface area (Å²) in [6.45, 7) is 14.5. The second-order valence-electron chi connectivity index (χ2n) is 12.8. The monoisotopic (exact) mass is 637 g/mol. The minimum atomic E-state index is -0.671.